The Labute approximate surface area is 180 Å². The molecule has 0 aliphatic carbocycles. The van der Waals surface area contributed by atoms with Crippen LogP contribution < -0.4 is 5.32 Å². The van der Waals surface area contributed by atoms with Crippen molar-refractivity contribution >= 4 is 63.6 Å². The molecule has 2 heterocycles. The van der Waals surface area contributed by atoms with E-state index in [1.165, 1.54) is 22.3 Å². The van der Waals surface area contributed by atoms with Crippen molar-refractivity contribution in [3.63, 3.8) is 0 Å². The zero-order valence-corrected chi connectivity index (χ0v) is 17.4. The lowest BCUT2D eigenvalue weighted by molar-refractivity contribution is -0.117. The number of carbonyl (C=O) groups excluding carboxylic acids is 2. The minimum atomic E-state index is -0.491. The summed E-state index contributed by atoms with van der Waals surface area (Å²) in [5.74, 6) is -0.678. The number of amides is 2. The number of benzene rings is 2. The van der Waals surface area contributed by atoms with Gasteiger partial charge in [0.05, 0.1) is 16.6 Å². The molecule has 1 N–H and O–H groups in total. The zero-order chi connectivity index (χ0) is 19.8. The molecule has 4 rings (SSSR count). The van der Waals surface area contributed by atoms with Crippen LogP contribution in [-0.2, 0) is 4.79 Å². The molecule has 0 fully saturated rings. The van der Waals surface area contributed by atoms with Crippen LogP contribution in [0.4, 0.5) is 5.69 Å². The maximum absolute atomic E-state index is 13.4. The van der Waals surface area contributed by atoms with E-state index < -0.39 is 6.04 Å². The van der Waals surface area contributed by atoms with E-state index in [1.807, 2.05) is 17.5 Å². The van der Waals surface area contributed by atoms with Gasteiger partial charge in [0.25, 0.3) is 5.91 Å². The molecule has 0 saturated carbocycles. The van der Waals surface area contributed by atoms with Crippen molar-refractivity contribution in [1.29, 1.82) is 0 Å². The largest absolute Gasteiger partial charge is 0.324 e. The monoisotopic (exact) mass is 450 g/mol. The van der Waals surface area contributed by atoms with Crippen LogP contribution in [0, 0.1) is 0 Å². The second-order valence-corrected chi connectivity index (χ2v) is 8.51. The molecular formula is C20H13Cl3N2O2S. The predicted molar refractivity (Wildman–Crippen MR) is 114 cm³/mol. The number of nitrogens with one attached hydrogen (secondary N) is 1. The summed E-state index contributed by atoms with van der Waals surface area (Å²) < 4.78 is 0. The van der Waals surface area contributed by atoms with Crippen LogP contribution in [0.3, 0.4) is 0 Å². The summed E-state index contributed by atoms with van der Waals surface area (Å²) >= 11 is 20.1. The van der Waals surface area contributed by atoms with Crippen molar-refractivity contribution in [2.75, 3.05) is 11.9 Å². The Balaban J connectivity index is 1.90. The summed E-state index contributed by atoms with van der Waals surface area (Å²) in [5, 5.41) is 5.97. The van der Waals surface area contributed by atoms with Crippen molar-refractivity contribution in [2.45, 2.75) is 6.04 Å². The molecule has 0 radical (unpaired) electrons. The minimum Gasteiger partial charge on any atom is -0.324 e. The Bertz CT molecular complexity index is 1070. The summed E-state index contributed by atoms with van der Waals surface area (Å²) in [7, 11) is 0. The van der Waals surface area contributed by atoms with E-state index in [0.717, 1.165) is 10.4 Å². The summed E-state index contributed by atoms with van der Waals surface area (Å²) in [6.45, 7) is -0.128. The van der Waals surface area contributed by atoms with E-state index in [9.17, 15) is 9.59 Å². The van der Waals surface area contributed by atoms with E-state index >= 15 is 0 Å². The maximum atomic E-state index is 13.4. The highest BCUT2D eigenvalue weighted by atomic mass is 35.5. The van der Waals surface area contributed by atoms with Crippen LogP contribution in [0.25, 0.3) is 0 Å². The van der Waals surface area contributed by atoms with Crippen LogP contribution in [0.5, 0.6) is 0 Å². The zero-order valence-electron chi connectivity index (χ0n) is 14.3. The molecule has 2 amide bonds. The normalized spacial score (nSPS) is 16.3. The van der Waals surface area contributed by atoms with E-state index in [2.05, 4.69) is 5.32 Å². The molecule has 2 aromatic carbocycles. The molecule has 1 aromatic heterocycles. The van der Waals surface area contributed by atoms with Crippen LogP contribution >= 0.6 is 46.1 Å². The van der Waals surface area contributed by atoms with Crippen molar-refractivity contribution in [1.82, 2.24) is 4.90 Å². The first-order chi connectivity index (χ1) is 13.4. The first kappa shape index (κ1) is 19.3. The van der Waals surface area contributed by atoms with E-state index in [-0.39, 0.29) is 28.9 Å². The van der Waals surface area contributed by atoms with Crippen LogP contribution in [0.15, 0.2) is 53.9 Å². The van der Waals surface area contributed by atoms with Gasteiger partial charge in [0.1, 0.15) is 6.54 Å². The minimum absolute atomic E-state index is 0.128. The molecule has 1 atom stereocenters. The van der Waals surface area contributed by atoms with E-state index in [1.54, 1.807) is 30.3 Å². The number of nitrogens with zero attached hydrogens (tertiary/aromatic N) is 1. The second-order valence-electron chi connectivity index (χ2n) is 6.25. The molecule has 142 valence electrons. The third-order valence-electron chi connectivity index (χ3n) is 4.44. The first-order valence-electron chi connectivity index (χ1n) is 8.33. The van der Waals surface area contributed by atoms with Gasteiger partial charge in [0.15, 0.2) is 0 Å². The highest BCUT2D eigenvalue weighted by Crippen LogP contribution is 2.40. The van der Waals surface area contributed by atoms with Crippen molar-refractivity contribution in [3.05, 3.63) is 85.0 Å². The molecule has 4 nitrogen and oxygen atoms in total. The van der Waals surface area contributed by atoms with Gasteiger partial charge in [0, 0.05) is 26.2 Å². The molecule has 0 saturated heterocycles. The number of rotatable bonds is 2. The quantitative estimate of drug-likeness (QED) is 0.528. The Kier molecular flexibility index (Phi) is 5.34. The van der Waals surface area contributed by atoms with Crippen LogP contribution in [0.2, 0.25) is 15.1 Å². The second kappa shape index (κ2) is 7.76. The van der Waals surface area contributed by atoms with Crippen molar-refractivity contribution < 1.29 is 9.59 Å². The number of fused-ring (bicyclic) bond motifs is 1. The average molecular weight is 452 g/mol. The van der Waals surface area contributed by atoms with Gasteiger partial charge < -0.3 is 10.2 Å². The molecule has 1 unspecified atom stereocenters. The number of thiophene rings is 1. The maximum Gasteiger partial charge on any atom is 0.256 e. The summed E-state index contributed by atoms with van der Waals surface area (Å²) in [6.07, 6.45) is 0. The predicted octanol–water partition coefficient (Wildman–Crippen LogP) is 5.89. The Hall–Kier alpha value is -2.05. The number of carbonyl (C=O) groups is 2. The summed E-state index contributed by atoms with van der Waals surface area (Å²) in [4.78, 5) is 28.4. The molecular weight excluding hydrogens is 439 g/mol. The van der Waals surface area contributed by atoms with Gasteiger partial charge in [-0.05, 0) is 47.8 Å². The molecule has 1 aliphatic rings. The summed E-state index contributed by atoms with van der Waals surface area (Å²) in [6, 6.07) is 13.3. The lowest BCUT2D eigenvalue weighted by atomic mass is 10.0. The van der Waals surface area contributed by atoms with Crippen LogP contribution in [0.1, 0.15) is 26.8 Å². The van der Waals surface area contributed by atoms with Gasteiger partial charge in [0.2, 0.25) is 5.91 Å². The molecule has 0 bridgehead atoms. The number of hydrogen-bond donors (Lipinski definition) is 1. The fourth-order valence-corrected chi connectivity index (χ4v) is 4.64. The van der Waals surface area contributed by atoms with E-state index in [0.29, 0.717) is 15.7 Å². The molecule has 1 aliphatic heterocycles. The van der Waals surface area contributed by atoms with Gasteiger partial charge in [-0.2, -0.15) is 0 Å². The highest BCUT2D eigenvalue weighted by Gasteiger charge is 2.35. The molecule has 3 aromatic rings. The van der Waals surface area contributed by atoms with Gasteiger partial charge >= 0.3 is 0 Å². The molecule has 8 heteroatoms. The Morgan fingerprint density at radius 3 is 2.57 bits per heavy atom. The lowest BCUT2D eigenvalue weighted by Gasteiger charge is -2.30. The Morgan fingerprint density at radius 1 is 1.07 bits per heavy atom. The number of hydrogen-bond acceptors (Lipinski definition) is 3. The van der Waals surface area contributed by atoms with Crippen LogP contribution in [-0.4, -0.2) is 23.3 Å². The first-order valence-corrected chi connectivity index (χ1v) is 10.3. The smallest absolute Gasteiger partial charge is 0.256 e. The third-order valence-corrected chi connectivity index (χ3v) is 6.16. The van der Waals surface area contributed by atoms with Gasteiger partial charge in [-0.25, -0.2) is 0 Å². The lowest BCUT2D eigenvalue weighted by Crippen LogP contribution is -2.38. The van der Waals surface area contributed by atoms with Gasteiger partial charge in [-0.15, -0.1) is 11.3 Å². The average Bonchev–Trinajstić information content (AvgIpc) is 3.14. The summed E-state index contributed by atoms with van der Waals surface area (Å²) in [5.41, 5.74) is 1.61. The standard InChI is InChI=1S/C20H13Cl3N2O2S/c21-11-3-5-15(23)13(8-11)20(27)25-10-18(26)24-16-6-4-12(22)9-14(16)19(25)17-2-1-7-28-17/h1-9,19H,10H2,(H,24,26). The van der Waals surface area contributed by atoms with Gasteiger partial charge in [-0.1, -0.05) is 40.9 Å². The van der Waals surface area contributed by atoms with Gasteiger partial charge in [-0.3, -0.25) is 9.59 Å². The van der Waals surface area contributed by atoms with E-state index in [4.69, 9.17) is 34.8 Å². The highest BCUT2D eigenvalue weighted by molar-refractivity contribution is 7.10. The Morgan fingerprint density at radius 2 is 1.82 bits per heavy atom. The third kappa shape index (κ3) is 3.63. The van der Waals surface area contributed by atoms with Crippen molar-refractivity contribution in [2.24, 2.45) is 0 Å². The topological polar surface area (TPSA) is 49.4 Å². The number of anilines is 1. The molecule has 28 heavy (non-hydrogen) atoms. The fraction of sp³-hybridized carbons (Fsp3) is 0.100. The fourth-order valence-electron chi connectivity index (χ4n) is 3.24. The number of halogens is 3. The molecule has 0 spiro atoms. The van der Waals surface area contributed by atoms with Crippen molar-refractivity contribution in [3.8, 4) is 0 Å². The SMILES string of the molecule is O=C1CN(C(=O)c2cc(Cl)ccc2Cl)C(c2cccs2)c2cc(Cl)ccc2N1.